The first-order valence-corrected chi connectivity index (χ1v) is 6.36. The largest absolute Gasteiger partial charge is 0.311 e. The van der Waals surface area contributed by atoms with Crippen LogP contribution < -0.4 is 5.32 Å². The van der Waals surface area contributed by atoms with Crippen molar-refractivity contribution in [3.63, 3.8) is 0 Å². The molecule has 4 heteroatoms. The monoisotopic (exact) mass is 238 g/mol. The minimum Gasteiger partial charge on any atom is -0.311 e. The molecule has 0 bridgehead atoms. The topological polar surface area (TPSA) is 33.1 Å². The maximum atomic E-state index is 4.38. The summed E-state index contributed by atoms with van der Waals surface area (Å²) >= 11 is 0. The number of nitrogens with one attached hydrogen (secondary N) is 1. The van der Waals surface area contributed by atoms with E-state index < -0.39 is 0 Å². The molecule has 0 aliphatic heterocycles. The molecular weight excluding hydrogens is 212 g/mol. The maximum absolute atomic E-state index is 4.38. The van der Waals surface area contributed by atoms with Gasteiger partial charge in [-0.15, -0.1) is 0 Å². The van der Waals surface area contributed by atoms with Crippen LogP contribution in [0.3, 0.4) is 0 Å². The van der Waals surface area contributed by atoms with Crippen molar-refractivity contribution in [2.45, 2.75) is 39.8 Å². The smallest absolute Gasteiger partial charge is 0.0543 e. The maximum Gasteiger partial charge on any atom is 0.0543 e. The van der Waals surface area contributed by atoms with Gasteiger partial charge in [0.15, 0.2) is 0 Å². The molecular formula is C13H26N4. The van der Waals surface area contributed by atoms with Crippen LogP contribution in [0.4, 0.5) is 0 Å². The number of hydrogen-bond acceptors (Lipinski definition) is 3. The zero-order valence-corrected chi connectivity index (χ0v) is 11.8. The number of rotatable bonds is 6. The Morgan fingerprint density at radius 3 is 2.65 bits per heavy atom. The van der Waals surface area contributed by atoms with E-state index in [0.717, 1.165) is 26.2 Å². The van der Waals surface area contributed by atoms with Crippen molar-refractivity contribution >= 4 is 0 Å². The first kappa shape index (κ1) is 14.2. The van der Waals surface area contributed by atoms with E-state index in [1.54, 1.807) is 0 Å². The fourth-order valence-electron chi connectivity index (χ4n) is 1.48. The lowest BCUT2D eigenvalue weighted by molar-refractivity contribution is 0.348. The van der Waals surface area contributed by atoms with Gasteiger partial charge >= 0.3 is 0 Å². The summed E-state index contributed by atoms with van der Waals surface area (Å²) in [4.78, 5) is 2.30. The zero-order chi connectivity index (χ0) is 12.9. The second-order valence-corrected chi connectivity index (χ2v) is 5.54. The zero-order valence-electron chi connectivity index (χ0n) is 11.8. The Morgan fingerprint density at radius 2 is 2.12 bits per heavy atom. The van der Waals surface area contributed by atoms with Gasteiger partial charge in [-0.05, 0) is 34.4 Å². The van der Waals surface area contributed by atoms with Gasteiger partial charge in [0.1, 0.15) is 0 Å². The van der Waals surface area contributed by atoms with Crippen LogP contribution in [0.5, 0.6) is 0 Å². The van der Waals surface area contributed by atoms with E-state index >= 15 is 0 Å². The SMILES string of the molecule is CCN(C)CCNCc1cnn(C(C)(C)C)c1. The predicted octanol–water partition coefficient (Wildman–Crippen LogP) is 1.68. The van der Waals surface area contributed by atoms with Crippen LogP contribution in [0.25, 0.3) is 0 Å². The second kappa shape index (κ2) is 6.17. The highest BCUT2D eigenvalue weighted by molar-refractivity contribution is 5.04. The summed E-state index contributed by atoms with van der Waals surface area (Å²) in [5, 5.41) is 7.82. The molecule has 0 saturated heterocycles. The molecule has 0 aliphatic carbocycles. The number of nitrogens with zero attached hydrogens (tertiary/aromatic N) is 3. The number of hydrogen-bond donors (Lipinski definition) is 1. The summed E-state index contributed by atoms with van der Waals surface area (Å²) in [6.45, 7) is 12.8. The molecule has 0 amide bonds. The Hall–Kier alpha value is -0.870. The van der Waals surface area contributed by atoms with Crippen LogP contribution in [-0.2, 0) is 12.1 Å². The van der Waals surface area contributed by atoms with Crippen LogP contribution in [0, 0.1) is 0 Å². The molecule has 1 aromatic heterocycles. The van der Waals surface area contributed by atoms with Crippen molar-refractivity contribution < 1.29 is 0 Å². The summed E-state index contributed by atoms with van der Waals surface area (Å²) in [7, 11) is 2.14. The molecule has 1 rings (SSSR count). The van der Waals surface area contributed by atoms with E-state index in [2.05, 4.69) is 56.3 Å². The van der Waals surface area contributed by atoms with Crippen molar-refractivity contribution in [3.8, 4) is 0 Å². The number of aromatic nitrogens is 2. The van der Waals surface area contributed by atoms with Gasteiger partial charge in [0.2, 0.25) is 0 Å². The Labute approximate surface area is 105 Å². The first-order chi connectivity index (χ1) is 7.93. The number of likely N-dealkylation sites (N-methyl/N-ethyl adjacent to an activating group) is 1. The van der Waals surface area contributed by atoms with Crippen molar-refractivity contribution in [2.24, 2.45) is 0 Å². The molecule has 1 heterocycles. The van der Waals surface area contributed by atoms with E-state index in [4.69, 9.17) is 0 Å². The molecule has 0 aliphatic rings. The van der Waals surface area contributed by atoms with Crippen molar-refractivity contribution in [3.05, 3.63) is 18.0 Å². The fraction of sp³-hybridized carbons (Fsp3) is 0.769. The van der Waals surface area contributed by atoms with Gasteiger partial charge in [0, 0.05) is 31.4 Å². The molecule has 0 radical (unpaired) electrons. The summed E-state index contributed by atoms with van der Waals surface area (Å²) in [5.74, 6) is 0. The fourth-order valence-corrected chi connectivity index (χ4v) is 1.48. The highest BCUT2D eigenvalue weighted by Crippen LogP contribution is 2.12. The highest BCUT2D eigenvalue weighted by atomic mass is 15.3. The standard InChI is InChI=1S/C13H26N4/c1-6-16(5)8-7-14-9-12-10-15-17(11-12)13(2,3)4/h10-11,14H,6-9H2,1-5H3. The van der Waals surface area contributed by atoms with Gasteiger partial charge in [-0.25, -0.2) is 0 Å². The van der Waals surface area contributed by atoms with E-state index in [0.29, 0.717) is 0 Å². The molecule has 0 aromatic carbocycles. The van der Waals surface area contributed by atoms with E-state index in [1.165, 1.54) is 5.56 Å². The minimum absolute atomic E-state index is 0.0701. The molecule has 0 saturated carbocycles. The molecule has 4 nitrogen and oxygen atoms in total. The van der Waals surface area contributed by atoms with Crippen LogP contribution in [0.1, 0.15) is 33.3 Å². The molecule has 1 aromatic rings. The highest BCUT2D eigenvalue weighted by Gasteiger charge is 2.13. The first-order valence-electron chi connectivity index (χ1n) is 6.36. The van der Waals surface area contributed by atoms with Gasteiger partial charge < -0.3 is 10.2 Å². The van der Waals surface area contributed by atoms with Gasteiger partial charge in [-0.3, -0.25) is 4.68 Å². The van der Waals surface area contributed by atoms with Crippen LogP contribution >= 0.6 is 0 Å². The molecule has 0 atom stereocenters. The second-order valence-electron chi connectivity index (χ2n) is 5.54. The lowest BCUT2D eigenvalue weighted by atomic mass is 10.1. The summed E-state index contributed by atoms with van der Waals surface area (Å²) < 4.78 is 2.02. The van der Waals surface area contributed by atoms with E-state index in [-0.39, 0.29) is 5.54 Å². The third kappa shape index (κ3) is 4.88. The normalized spacial score (nSPS) is 12.4. The average Bonchev–Trinajstić information content (AvgIpc) is 2.72. The molecule has 17 heavy (non-hydrogen) atoms. The lowest BCUT2D eigenvalue weighted by Crippen LogP contribution is -2.28. The summed E-state index contributed by atoms with van der Waals surface area (Å²) in [5.41, 5.74) is 1.32. The quantitative estimate of drug-likeness (QED) is 0.766. The summed E-state index contributed by atoms with van der Waals surface area (Å²) in [6, 6.07) is 0. The third-order valence-electron chi connectivity index (χ3n) is 2.86. The molecule has 0 spiro atoms. The third-order valence-corrected chi connectivity index (χ3v) is 2.86. The van der Waals surface area contributed by atoms with Crippen molar-refractivity contribution in [1.82, 2.24) is 20.0 Å². The lowest BCUT2D eigenvalue weighted by Gasteiger charge is -2.18. The average molecular weight is 238 g/mol. The van der Waals surface area contributed by atoms with Crippen molar-refractivity contribution in [1.29, 1.82) is 0 Å². The van der Waals surface area contributed by atoms with E-state index in [1.807, 2.05) is 10.9 Å². The molecule has 0 unspecified atom stereocenters. The molecule has 1 N–H and O–H groups in total. The minimum atomic E-state index is 0.0701. The van der Waals surface area contributed by atoms with Crippen LogP contribution in [0.2, 0.25) is 0 Å². The van der Waals surface area contributed by atoms with Gasteiger partial charge in [-0.2, -0.15) is 5.10 Å². The predicted molar refractivity (Wildman–Crippen MR) is 72.1 cm³/mol. The van der Waals surface area contributed by atoms with E-state index in [9.17, 15) is 0 Å². The van der Waals surface area contributed by atoms with Crippen LogP contribution in [-0.4, -0.2) is 41.4 Å². The van der Waals surface area contributed by atoms with Crippen LogP contribution in [0.15, 0.2) is 12.4 Å². The van der Waals surface area contributed by atoms with Gasteiger partial charge in [0.05, 0.1) is 11.7 Å². The van der Waals surface area contributed by atoms with Gasteiger partial charge in [-0.1, -0.05) is 6.92 Å². The van der Waals surface area contributed by atoms with Gasteiger partial charge in [0.25, 0.3) is 0 Å². The Morgan fingerprint density at radius 1 is 1.41 bits per heavy atom. The Bertz CT molecular complexity index is 324. The van der Waals surface area contributed by atoms with Crippen molar-refractivity contribution in [2.75, 3.05) is 26.7 Å². The Kier molecular flexibility index (Phi) is 5.15. The molecule has 0 fully saturated rings. The summed E-state index contributed by atoms with van der Waals surface area (Å²) in [6.07, 6.45) is 4.07. The molecule has 98 valence electrons. The Balaban J connectivity index is 2.31.